The third-order valence-electron chi connectivity index (χ3n) is 3.03. The first-order valence-electron chi connectivity index (χ1n) is 4.70. The molecule has 1 aliphatic heterocycles. The Morgan fingerprint density at radius 3 is 2.50 bits per heavy atom. The van der Waals surface area contributed by atoms with Crippen LogP contribution in [-0.2, 0) is 4.79 Å². The molecule has 0 radical (unpaired) electrons. The van der Waals surface area contributed by atoms with Crippen LogP contribution in [0.4, 0.5) is 4.79 Å². The summed E-state index contributed by atoms with van der Waals surface area (Å²) < 4.78 is 0. The predicted molar refractivity (Wildman–Crippen MR) is 59.6 cm³/mol. The van der Waals surface area contributed by atoms with Crippen LogP contribution in [0.5, 0.6) is 0 Å². The van der Waals surface area contributed by atoms with Crippen molar-refractivity contribution in [3.63, 3.8) is 0 Å². The van der Waals surface area contributed by atoms with Gasteiger partial charge in [-0.25, -0.2) is 0 Å². The maximum Gasteiger partial charge on any atom is 0.288 e. The molecule has 0 aromatic carbocycles. The molecule has 1 saturated heterocycles. The molecule has 1 heterocycles. The van der Waals surface area contributed by atoms with E-state index in [1.54, 1.807) is 0 Å². The zero-order valence-corrected chi connectivity index (χ0v) is 10.2. The van der Waals surface area contributed by atoms with Crippen LogP contribution in [0.25, 0.3) is 0 Å². The Labute approximate surface area is 95.7 Å². The van der Waals surface area contributed by atoms with Crippen molar-refractivity contribution in [3.8, 4) is 0 Å². The lowest BCUT2D eigenvalue weighted by Crippen LogP contribution is -2.45. The van der Waals surface area contributed by atoms with Crippen LogP contribution in [0.2, 0.25) is 0 Å². The summed E-state index contributed by atoms with van der Waals surface area (Å²) in [6.45, 7) is 0.614. The number of rotatable bonds is 3. The molecular formula is C9H12BrNO2S. The molecule has 2 aliphatic rings. The van der Waals surface area contributed by atoms with E-state index in [0.29, 0.717) is 12.3 Å². The lowest BCUT2D eigenvalue weighted by Gasteiger charge is -2.42. The number of nitrogens with zero attached hydrogens (tertiary/aromatic N) is 1. The molecule has 0 bridgehead atoms. The molecule has 1 aliphatic carbocycles. The van der Waals surface area contributed by atoms with Crippen molar-refractivity contribution in [2.75, 3.05) is 17.6 Å². The molecule has 0 N–H and O–H groups in total. The molecule has 0 aromatic heterocycles. The summed E-state index contributed by atoms with van der Waals surface area (Å²) in [7, 11) is 0. The van der Waals surface area contributed by atoms with Crippen LogP contribution >= 0.6 is 27.7 Å². The number of amides is 2. The average molecular weight is 278 g/mol. The number of carbonyl (C=O) groups excluding carboxylic acids is 2. The molecular weight excluding hydrogens is 266 g/mol. The van der Waals surface area contributed by atoms with Crippen molar-refractivity contribution in [2.45, 2.75) is 19.3 Å². The number of hydrogen-bond acceptors (Lipinski definition) is 3. The van der Waals surface area contributed by atoms with Gasteiger partial charge in [0.25, 0.3) is 5.24 Å². The minimum atomic E-state index is -0.0674. The van der Waals surface area contributed by atoms with E-state index < -0.39 is 0 Å². The van der Waals surface area contributed by atoms with Gasteiger partial charge in [-0.15, -0.1) is 0 Å². The number of halogens is 1. The summed E-state index contributed by atoms with van der Waals surface area (Å²) in [5.74, 6) is 0.309. The molecule has 14 heavy (non-hydrogen) atoms. The molecule has 3 nitrogen and oxygen atoms in total. The highest BCUT2D eigenvalue weighted by molar-refractivity contribution is 9.09. The van der Waals surface area contributed by atoms with Gasteiger partial charge in [-0.3, -0.25) is 14.5 Å². The highest BCUT2D eigenvalue weighted by Gasteiger charge is 2.42. The van der Waals surface area contributed by atoms with Crippen LogP contribution in [0.3, 0.4) is 0 Å². The van der Waals surface area contributed by atoms with Crippen LogP contribution in [-0.4, -0.2) is 33.7 Å². The summed E-state index contributed by atoms with van der Waals surface area (Å²) in [4.78, 5) is 24.2. The van der Waals surface area contributed by atoms with E-state index in [9.17, 15) is 9.59 Å². The van der Waals surface area contributed by atoms with Crippen LogP contribution in [0.15, 0.2) is 0 Å². The Morgan fingerprint density at radius 2 is 2.14 bits per heavy atom. The summed E-state index contributed by atoms with van der Waals surface area (Å²) in [5.41, 5.74) is 0.177. The number of imide groups is 1. The minimum absolute atomic E-state index is 0.0211. The average Bonchev–Trinajstić information content (AvgIpc) is 2.41. The third-order valence-corrected chi connectivity index (χ3v) is 5.08. The van der Waals surface area contributed by atoms with E-state index in [1.807, 2.05) is 0 Å². The fourth-order valence-corrected chi connectivity index (χ4v) is 3.34. The first-order valence-corrected chi connectivity index (χ1v) is 6.81. The molecule has 2 amide bonds. The Balaban J connectivity index is 2.02. The van der Waals surface area contributed by atoms with Crippen LogP contribution in [0.1, 0.15) is 19.3 Å². The third kappa shape index (κ3) is 1.72. The smallest absolute Gasteiger partial charge is 0.273 e. The molecule has 0 atom stereocenters. The minimum Gasteiger partial charge on any atom is -0.273 e. The number of hydrogen-bond donors (Lipinski definition) is 0. The van der Waals surface area contributed by atoms with Crippen molar-refractivity contribution < 1.29 is 9.59 Å². The fourth-order valence-electron chi connectivity index (χ4n) is 1.88. The number of alkyl halides is 1. The van der Waals surface area contributed by atoms with Gasteiger partial charge in [0.1, 0.15) is 0 Å². The van der Waals surface area contributed by atoms with E-state index in [1.165, 1.54) is 11.3 Å². The second-order valence-corrected chi connectivity index (χ2v) is 5.51. The quantitative estimate of drug-likeness (QED) is 0.743. The van der Waals surface area contributed by atoms with Crippen molar-refractivity contribution in [2.24, 2.45) is 5.41 Å². The van der Waals surface area contributed by atoms with E-state index >= 15 is 0 Å². The Kier molecular flexibility index (Phi) is 2.88. The molecule has 2 fully saturated rings. The van der Waals surface area contributed by atoms with Gasteiger partial charge >= 0.3 is 0 Å². The fraction of sp³-hybridized carbons (Fsp3) is 0.778. The topological polar surface area (TPSA) is 37.4 Å². The molecule has 2 rings (SSSR count). The lowest BCUT2D eigenvalue weighted by atomic mass is 9.70. The molecule has 5 heteroatoms. The maximum atomic E-state index is 11.4. The standard InChI is InChI=1S/C9H12BrNO2S/c10-5-9(2-1-3-9)6-11-7(12)4-14-8(11)13/h1-6H2. The van der Waals surface area contributed by atoms with Crippen LogP contribution < -0.4 is 0 Å². The van der Waals surface area contributed by atoms with Gasteiger partial charge in [0, 0.05) is 11.9 Å². The zero-order chi connectivity index (χ0) is 10.2. The van der Waals surface area contributed by atoms with E-state index in [2.05, 4.69) is 15.9 Å². The van der Waals surface area contributed by atoms with Crippen molar-refractivity contribution in [1.29, 1.82) is 0 Å². The van der Waals surface area contributed by atoms with Gasteiger partial charge in [-0.2, -0.15) is 0 Å². The Hall–Kier alpha value is -0.0300. The maximum absolute atomic E-state index is 11.4. The van der Waals surface area contributed by atoms with E-state index in [-0.39, 0.29) is 16.6 Å². The molecule has 0 spiro atoms. The van der Waals surface area contributed by atoms with Crippen molar-refractivity contribution in [3.05, 3.63) is 0 Å². The largest absolute Gasteiger partial charge is 0.288 e. The molecule has 0 unspecified atom stereocenters. The van der Waals surface area contributed by atoms with Crippen molar-refractivity contribution in [1.82, 2.24) is 4.90 Å². The Morgan fingerprint density at radius 1 is 1.43 bits per heavy atom. The SMILES string of the molecule is O=C1CSC(=O)N1CC1(CBr)CCC1. The van der Waals surface area contributed by atoms with Gasteiger partial charge in [0.2, 0.25) is 5.91 Å². The molecule has 0 aromatic rings. The monoisotopic (exact) mass is 277 g/mol. The van der Waals surface area contributed by atoms with Crippen LogP contribution in [0, 0.1) is 5.41 Å². The van der Waals surface area contributed by atoms with E-state index in [4.69, 9.17) is 0 Å². The van der Waals surface area contributed by atoms with Gasteiger partial charge in [-0.05, 0) is 18.3 Å². The molecule has 1 saturated carbocycles. The van der Waals surface area contributed by atoms with Gasteiger partial charge in [-0.1, -0.05) is 34.1 Å². The van der Waals surface area contributed by atoms with Gasteiger partial charge in [0.05, 0.1) is 5.75 Å². The highest BCUT2D eigenvalue weighted by atomic mass is 79.9. The second-order valence-electron chi connectivity index (χ2n) is 4.02. The number of thioether (sulfide) groups is 1. The summed E-state index contributed by atoms with van der Waals surface area (Å²) >= 11 is 4.60. The lowest BCUT2D eigenvalue weighted by molar-refractivity contribution is -0.126. The highest BCUT2D eigenvalue weighted by Crippen LogP contribution is 2.43. The summed E-state index contributed by atoms with van der Waals surface area (Å²) in [6.07, 6.45) is 3.47. The first-order chi connectivity index (χ1) is 6.67. The van der Waals surface area contributed by atoms with Crippen molar-refractivity contribution >= 4 is 38.8 Å². The number of carbonyl (C=O) groups is 2. The van der Waals surface area contributed by atoms with Gasteiger partial charge in [0.15, 0.2) is 0 Å². The molecule has 78 valence electrons. The summed E-state index contributed by atoms with van der Waals surface area (Å²) in [6, 6.07) is 0. The normalized spacial score (nSPS) is 25.4. The zero-order valence-electron chi connectivity index (χ0n) is 7.79. The Bertz CT molecular complexity index is 256. The second kappa shape index (κ2) is 3.85. The van der Waals surface area contributed by atoms with E-state index in [0.717, 1.165) is 29.9 Å². The first kappa shape index (κ1) is 10.5. The summed E-state index contributed by atoms with van der Waals surface area (Å²) in [5, 5.41) is 0.823. The van der Waals surface area contributed by atoms with Gasteiger partial charge < -0.3 is 0 Å². The predicted octanol–water partition coefficient (Wildman–Crippen LogP) is 2.25.